The quantitative estimate of drug-likeness (QED) is 0.0218. The number of aliphatic hydroxyl groups is 2. The van der Waals surface area contributed by atoms with Crippen molar-refractivity contribution < 1.29 is 57.5 Å². The Morgan fingerprint density at radius 2 is 0.943 bits per heavy atom. The predicted molar refractivity (Wildman–Crippen MR) is 351 cm³/mol. The molecule has 4 aromatic rings. The Bertz CT molecular complexity index is 2470. The van der Waals surface area contributed by atoms with E-state index in [0.717, 1.165) is 62.6 Å². The Morgan fingerprint density at radius 1 is 0.500 bits per heavy atom. The Labute approximate surface area is 528 Å². The van der Waals surface area contributed by atoms with Crippen LogP contribution < -0.4 is 5.32 Å². The fraction of sp³-hybridized carbons (Fsp3) is 0.635. The predicted octanol–water partition coefficient (Wildman–Crippen LogP) is 18.3. The van der Waals surface area contributed by atoms with Crippen LogP contribution in [0.2, 0.25) is 0 Å². The van der Waals surface area contributed by atoms with Gasteiger partial charge in [-0.1, -0.05) is 230 Å². The second-order valence-electron chi connectivity index (χ2n) is 24.5. The Morgan fingerprint density at radius 3 is 1.42 bits per heavy atom. The van der Waals surface area contributed by atoms with E-state index in [0.29, 0.717) is 47.3 Å². The van der Waals surface area contributed by atoms with E-state index in [4.69, 9.17) is 18.9 Å². The summed E-state index contributed by atoms with van der Waals surface area (Å²) in [5.41, 5.74) is 4.65. The first-order chi connectivity index (χ1) is 42.8. The second kappa shape index (κ2) is 46.3. The van der Waals surface area contributed by atoms with Gasteiger partial charge in [0.1, 0.15) is 19.0 Å². The zero-order valence-electron chi connectivity index (χ0n) is 54.4. The second-order valence-corrected chi connectivity index (χ2v) is 24.5. The number of carbonyl (C=O) groups is 5. The molecule has 0 fully saturated rings. The fourth-order valence-corrected chi connectivity index (χ4v) is 11.4. The van der Waals surface area contributed by atoms with E-state index in [2.05, 4.69) is 19.2 Å². The van der Waals surface area contributed by atoms with Crippen molar-refractivity contribution in [2.24, 2.45) is 0 Å². The molecule has 1 amide bonds. The SMILES string of the molecule is CCCCCCCCCCCCCCCC(=O)OCC(COC(=O)CCCCCCCCCCCCCCC)OC(=O)CCCCCOC(=O)C[C@H](O)C[C@H](O)CCn1c(-c2ccc(F)cc2)c(-c2ccccc2)c(C(=O)Nc2ccccc2)c1C(C)C. The number of rotatable bonds is 51. The summed E-state index contributed by atoms with van der Waals surface area (Å²) in [6.07, 6.45) is 29.9. The number of halogens is 1. The van der Waals surface area contributed by atoms with Gasteiger partial charge in [0.2, 0.25) is 0 Å². The summed E-state index contributed by atoms with van der Waals surface area (Å²) in [5.74, 6) is -2.76. The maximum absolute atomic E-state index is 14.4. The van der Waals surface area contributed by atoms with E-state index in [1.807, 2.05) is 79.1 Å². The summed E-state index contributed by atoms with van der Waals surface area (Å²) in [7, 11) is 0. The van der Waals surface area contributed by atoms with Gasteiger partial charge >= 0.3 is 23.9 Å². The lowest BCUT2D eigenvalue weighted by Crippen LogP contribution is -2.30. The average molecular weight is 1220 g/mol. The largest absolute Gasteiger partial charge is 0.466 e. The number of unbranched alkanes of at least 4 members (excludes halogenated alkanes) is 26. The molecular formula is C74H111FN2O11. The zero-order valence-corrected chi connectivity index (χ0v) is 54.4. The van der Waals surface area contributed by atoms with Crippen molar-refractivity contribution in [3.63, 3.8) is 0 Å². The molecule has 0 saturated heterocycles. The summed E-state index contributed by atoms with van der Waals surface area (Å²) < 4.78 is 38.6. The highest BCUT2D eigenvalue weighted by atomic mass is 19.1. The van der Waals surface area contributed by atoms with E-state index in [1.54, 1.807) is 12.1 Å². The van der Waals surface area contributed by atoms with Gasteiger partial charge in [-0.2, -0.15) is 0 Å². The number of hydrogen-bond donors (Lipinski definition) is 3. The van der Waals surface area contributed by atoms with Crippen molar-refractivity contribution >= 4 is 35.5 Å². The molecule has 0 unspecified atom stereocenters. The monoisotopic (exact) mass is 1220 g/mol. The van der Waals surface area contributed by atoms with Crippen LogP contribution in [-0.4, -0.2) is 82.7 Å². The van der Waals surface area contributed by atoms with E-state index in [-0.39, 0.29) is 88.7 Å². The van der Waals surface area contributed by atoms with Gasteiger partial charge < -0.3 is 39.0 Å². The van der Waals surface area contributed by atoms with Crippen LogP contribution in [-0.2, 0) is 44.7 Å². The molecule has 0 radical (unpaired) electrons. The van der Waals surface area contributed by atoms with Crippen molar-refractivity contribution in [1.82, 2.24) is 4.57 Å². The first-order valence-electron chi connectivity index (χ1n) is 34.3. The molecule has 0 aliphatic heterocycles. The van der Waals surface area contributed by atoms with Crippen LogP contribution in [0.1, 0.15) is 274 Å². The van der Waals surface area contributed by atoms with E-state index in [1.165, 1.54) is 128 Å². The number of hydrogen-bond acceptors (Lipinski definition) is 11. The molecule has 0 bridgehead atoms. The number of ether oxygens (including phenoxy) is 4. The normalized spacial score (nSPS) is 12.1. The maximum Gasteiger partial charge on any atom is 0.308 e. The van der Waals surface area contributed by atoms with Gasteiger partial charge in [-0.3, -0.25) is 24.0 Å². The number of para-hydroxylation sites is 1. The molecule has 0 spiro atoms. The number of aromatic nitrogens is 1. The van der Waals surface area contributed by atoms with Gasteiger partial charge in [-0.15, -0.1) is 0 Å². The molecule has 0 saturated carbocycles. The average Bonchev–Trinajstić information content (AvgIpc) is 1.64. The number of aliphatic hydroxyl groups excluding tert-OH is 2. The zero-order chi connectivity index (χ0) is 63.4. The van der Waals surface area contributed by atoms with Gasteiger partial charge in [0.25, 0.3) is 5.91 Å². The number of nitrogens with zero attached hydrogens (tertiary/aromatic N) is 1. The van der Waals surface area contributed by atoms with Crippen LogP contribution in [0, 0.1) is 5.82 Å². The minimum atomic E-state index is -1.19. The van der Waals surface area contributed by atoms with Crippen molar-refractivity contribution in [1.29, 1.82) is 0 Å². The van der Waals surface area contributed by atoms with E-state index >= 15 is 0 Å². The third-order valence-electron chi connectivity index (χ3n) is 16.3. The molecule has 14 heteroatoms. The molecule has 13 nitrogen and oxygen atoms in total. The third kappa shape index (κ3) is 31.5. The Hall–Kier alpha value is -5.86. The molecule has 88 heavy (non-hydrogen) atoms. The highest BCUT2D eigenvalue weighted by molar-refractivity contribution is 6.12. The van der Waals surface area contributed by atoms with Gasteiger partial charge in [-0.25, -0.2) is 4.39 Å². The van der Waals surface area contributed by atoms with Gasteiger partial charge in [0, 0.05) is 42.8 Å². The maximum atomic E-state index is 14.4. The van der Waals surface area contributed by atoms with Gasteiger partial charge in [0.05, 0.1) is 36.5 Å². The van der Waals surface area contributed by atoms with E-state index < -0.39 is 36.1 Å². The van der Waals surface area contributed by atoms with Crippen LogP contribution in [0.4, 0.5) is 10.1 Å². The molecule has 3 N–H and O–H groups in total. The van der Waals surface area contributed by atoms with Crippen molar-refractivity contribution in [3.8, 4) is 22.4 Å². The Balaban J connectivity index is 1.21. The molecule has 1 heterocycles. The molecule has 3 aromatic carbocycles. The smallest absolute Gasteiger partial charge is 0.308 e. The van der Waals surface area contributed by atoms with Crippen LogP contribution in [0.15, 0.2) is 84.9 Å². The number of benzene rings is 3. The Kier molecular flexibility index (Phi) is 39.2. The van der Waals surface area contributed by atoms with Crippen LogP contribution >= 0.6 is 0 Å². The first kappa shape index (κ1) is 74.6. The summed E-state index contributed by atoms with van der Waals surface area (Å²) in [5, 5.41) is 25.4. The standard InChI is InChI=1S/C74H111FN2O11/c1-5-7-9-11-13-15-17-19-21-23-25-27-36-44-66(80)86-56-65(57-87-67(81)45-37-28-26-24-22-20-18-16-14-12-10-8-6-2)88-68(82)46-38-31-39-53-85-69(83)55-64(79)54-63(78)51-52-77-72(58(3)4)71(74(84)76-62-42-34-30-35-43-62)70(59-40-32-29-33-41-59)73(77)60-47-49-61(75)50-48-60/h29-30,32-35,40-43,47-50,58,63-65,78-79H,5-28,31,36-39,44-46,51-57H2,1-4H3,(H,76,84)/t63-,64-/m1/s1. The summed E-state index contributed by atoms with van der Waals surface area (Å²) in [6.45, 7) is 8.38. The van der Waals surface area contributed by atoms with Gasteiger partial charge in [0.15, 0.2) is 6.10 Å². The lowest BCUT2D eigenvalue weighted by atomic mass is 9.94. The highest BCUT2D eigenvalue weighted by Crippen LogP contribution is 2.43. The van der Waals surface area contributed by atoms with Crippen LogP contribution in [0.3, 0.4) is 0 Å². The number of esters is 4. The molecule has 490 valence electrons. The third-order valence-corrected chi connectivity index (χ3v) is 16.3. The van der Waals surface area contributed by atoms with Crippen molar-refractivity contribution in [2.75, 3.05) is 25.1 Å². The molecule has 0 aliphatic rings. The number of carbonyl (C=O) groups excluding carboxylic acids is 5. The van der Waals surface area contributed by atoms with Gasteiger partial charge in [-0.05, 0) is 98.4 Å². The van der Waals surface area contributed by atoms with Crippen LogP contribution in [0.25, 0.3) is 22.4 Å². The molecular weight excluding hydrogens is 1110 g/mol. The molecule has 4 rings (SSSR count). The number of amides is 1. The molecule has 1 aromatic heterocycles. The topological polar surface area (TPSA) is 180 Å². The summed E-state index contributed by atoms with van der Waals surface area (Å²) in [6, 6.07) is 24.9. The van der Waals surface area contributed by atoms with E-state index in [9.17, 15) is 38.6 Å². The minimum Gasteiger partial charge on any atom is -0.466 e. The van der Waals surface area contributed by atoms with Crippen molar-refractivity contribution in [3.05, 3.63) is 102 Å². The summed E-state index contributed by atoms with van der Waals surface area (Å²) in [4.78, 5) is 65.9. The first-order valence-corrected chi connectivity index (χ1v) is 34.3. The lowest BCUT2D eigenvalue weighted by Gasteiger charge is -2.20. The van der Waals surface area contributed by atoms with Crippen LogP contribution in [0.5, 0.6) is 0 Å². The minimum absolute atomic E-state index is 0.0592. The highest BCUT2D eigenvalue weighted by Gasteiger charge is 2.31. The molecule has 0 aliphatic carbocycles. The molecule has 2 atom stereocenters. The summed E-state index contributed by atoms with van der Waals surface area (Å²) >= 11 is 0. The van der Waals surface area contributed by atoms with Crippen molar-refractivity contribution in [2.45, 2.75) is 283 Å². The fourth-order valence-electron chi connectivity index (χ4n) is 11.4. The lowest BCUT2D eigenvalue weighted by molar-refractivity contribution is -0.167. The number of nitrogens with one attached hydrogen (secondary N) is 1. The number of anilines is 1.